The van der Waals surface area contributed by atoms with Crippen molar-refractivity contribution >= 4 is 6.29 Å². The van der Waals surface area contributed by atoms with Crippen LogP contribution in [0.5, 0.6) is 0 Å². The molecule has 0 unspecified atom stereocenters. The molecule has 66 valence electrons. The van der Waals surface area contributed by atoms with Crippen LogP contribution in [0.15, 0.2) is 0 Å². The topological polar surface area (TPSA) is 47.8 Å². The van der Waals surface area contributed by atoms with Crippen LogP contribution in [-0.2, 0) is 13.0 Å². The highest BCUT2D eigenvalue weighted by Gasteiger charge is 2.08. The molecule has 12 heavy (non-hydrogen) atoms. The molecular weight excluding hydrogens is 154 g/mol. The molecule has 0 N–H and O–H groups in total. The summed E-state index contributed by atoms with van der Waals surface area (Å²) in [4.78, 5) is 10.5. The van der Waals surface area contributed by atoms with Crippen LogP contribution in [0.2, 0.25) is 0 Å². The molecule has 0 aliphatic rings. The average Bonchev–Trinajstić information content (AvgIpc) is 2.47. The average molecular weight is 167 g/mol. The van der Waals surface area contributed by atoms with Crippen LogP contribution < -0.4 is 0 Å². The van der Waals surface area contributed by atoms with E-state index in [1.54, 1.807) is 4.68 Å². The van der Waals surface area contributed by atoms with Gasteiger partial charge in [-0.05, 0) is 12.8 Å². The lowest BCUT2D eigenvalue weighted by atomic mass is 10.2. The lowest BCUT2D eigenvalue weighted by molar-refractivity contribution is 0.111. The zero-order valence-electron chi connectivity index (χ0n) is 7.45. The third kappa shape index (κ3) is 1.52. The summed E-state index contributed by atoms with van der Waals surface area (Å²) in [6.45, 7) is 4.91. The van der Waals surface area contributed by atoms with E-state index >= 15 is 0 Å². The molecule has 0 aliphatic heterocycles. The van der Waals surface area contributed by atoms with Gasteiger partial charge in [0.15, 0.2) is 6.29 Å². The Morgan fingerprint density at radius 2 is 2.25 bits per heavy atom. The zero-order valence-corrected chi connectivity index (χ0v) is 7.45. The van der Waals surface area contributed by atoms with Gasteiger partial charge in [0.25, 0.3) is 0 Å². The second-order valence-electron chi connectivity index (χ2n) is 2.62. The fourth-order valence-electron chi connectivity index (χ4n) is 1.19. The lowest BCUT2D eigenvalue weighted by Gasteiger charge is -2.00. The molecule has 0 saturated heterocycles. The molecule has 0 amide bonds. The number of carbonyl (C=O) groups excluding carboxylic acids is 1. The fraction of sp³-hybridized carbons (Fsp3) is 0.625. The summed E-state index contributed by atoms with van der Waals surface area (Å²) in [7, 11) is 0. The van der Waals surface area contributed by atoms with Crippen molar-refractivity contribution in [2.45, 2.75) is 33.2 Å². The molecule has 0 spiro atoms. The zero-order chi connectivity index (χ0) is 8.97. The van der Waals surface area contributed by atoms with E-state index in [2.05, 4.69) is 17.2 Å². The first-order chi connectivity index (χ1) is 5.83. The summed E-state index contributed by atoms with van der Waals surface area (Å²) in [5.41, 5.74) is 1.41. The molecule has 4 nitrogen and oxygen atoms in total. The standard InChI is InChI=1S/C8H13N3O/c1-3-5-11-8(4-2)7(6-12)9-10-11/h6H,3-5H2,1-2H3. The molecule has 0 radical (unpaired) electrons. The van der Waals surface area contributed by atoms with Gasteiger partial charge in [-0.25, -0.2) is 4.68 Å². The minimum Gasteiger partial charge on any atom is -0.296 e. The first-order valence-corrected chi connectivity index (χ1v) is 4.21. The third-order valence-electron chi connectivity index (χ3n) is 1.75. The van der Waals surface area contributed by atoms with E-state index in [-0.39, 0.29) is 0 Å². The normalized spacial score (nSPS) is 10.2. The van der Waals surface area contributed by atoms with Crippen LogP contribution in [0.3, 0.4) is 0 Å². The first kappa shape index (κ1) is 8.90. The highest BCUT2D eigenvalue weighted by molar-refractivity contribution is 5.73. The number of carbonyl (C=O) groups is 1. The third-order valence-corrected chi connectivity index (χ3v) is 1.75. The Morgan fingerprint density at radius 1 is 1.50 bits per heavy atom. The number of rotatable bonds is 4. The van der Waals surface area contributed by atoms with Crippen LogP contribution in [-0.4, -0.2) is 21.3 Å². The Labute approximate surface area is 71.6 Å². The van der Waals surface area contributed by atoms with Gasteiger partial charge in [0.05, 0.1) is 5.69 Å². The molecule has 0 aromatic carbocycles. The van der Waals surface area contributed by atoms with Gasteiger partial charge in [-0.15, -0.1) is 5.10 Å². The van der Waals surface area contributed by atoms with Crippen molar-refractivity contribution in [1.29, 1.82) is 0 Å². The number of aromatic nitrogens is 3. The molecular formula is C8H13N3O. The van der Waals surface area contributed by atoms with Crippen molar-refractivity contribution in [1.82, 2.24) is 15.0 Å². The molecule has 0 saturated carbocycles. The van der Waals surface area contributed by atoms with E-state index in [1.807, 2.05) is 6.92 Å². The SMILES string of the molecule is CCCn1nnc(C=O)c1CC. The molecule has 1 rings (SSSR count). The number of hydrogen-bond acceptors (Lipinski definition) is 3. The Hall–Kier alpha value is -1.19. The number of nitrogens with zero attached hydrogens (tertiary/aromatic N) is 3. The number of aldehydes is 1. The van der Waals surface area contributed by atoms with Crippen molar-refractivity contribution in [2.75, 3.05) is 0 Å². The molecule has 0 atom stereocenters. The summed E-state index contributed by atoms with van der Waals surface area (Å²) in [5.74, 6) is 0. The van der Waals surface area contributed by atoms with Crippen LogP contribution in [0.1, 0.15) is 36.5 Å². The number of hydrogen-bond donors (Lipinski definition) is 0. The molecule has 4 heteroatoms. The number of aryl methyl sites for hydroxylation is 1. The van der Waals surface area contributed by atoms with Gasteiger partial charge in [-0.1, -0.05) is 19.1 Å². The van der Waals surface area contributed by atoms with Crippen LogP contribution in [0.4, 0.5) is 0 Å². The maximum Gasteiger partial charge on any atom is 0.172 e. The summed E-state index contributed by atoms with van der Waals surface area (Å²) < 4.78 is 1.80. The molecule has 1 aromatic rings. The van der Waals surface area contributed by atoms with Gasteiger partial charge < -0.3 is 0 Å². The van der Waals surface area contributed by atoms with Gasteiger partial charge in [-0.2, -0.15) is 0 Å². The van der Waals surface area contributed by atoms with E-state index < -0.39 is 0 Å². The fourth-order valence-corrected chi connectivity index (χ4v) is 1.19. The minimum absolute atomic E-state index is 0.478. The predicted molar refractivity (Wildman–Crippen MR) is 45.1 cm³/mol. The van der Waals surface area contributed by atoms with Crippen LogP contribution in [0.25, 0.3) is 0 Å². The van der Waals surface area contributed by atoms with E-state index in [0.717, 1.165) is 31.4 Å². The van der Waals surface area contributed by atoms with Crippen molar-refractivity contribution in [2.24, 2.45) is 0 Å². The van der Waals surface area contributed by atoms with Crippen LogP contribution in [0, 0.1) is 0 Å². The second-order valence-corrected chi connectivity index (χ2v) is 2.62. The highest BCUT2D eigenvalue weighted by atomic mass is 16.1. The molecule has 0 aliphatic carbocycles. The molecule has 1 aromatic heterocycles. The van der Waals surface area contributed by atoms with E-state index in [9.17, 15) is 4.79 Å². The Morgan fingerprint density at radius 3 is 2.75 bits per heavy atom. The quantitative estimate of drug-likeness (QED) is 0.630. The van der Waals surface area contributed by atoms with Gasteiger partial charge in [0.1, 0.15) is 5.69 Å². The van der Waals surface area contributed by atoms with Gasteiger partial charge in [-0.3, -0.25) is 4.79 Å². The first-order valence-electron chi connectivity index (χ1n) is 4.21. The van der Waals surface area contributed by atoms with E-state index in [4.69, 9.17) is 0 Å². The second kappa shape index (κ2) is 3.99. The van der Waals surface area contributed by atoms with Crippen molar-refractivity contribution in [3.8, 4) is 0 Å². The van der Waals surface area contributed by atoms with Gasteiger partial charge in [0.2, 0.25) is 0 Å². The maximum atomic E-state index is 10.5. The monoisotopic (exact) mass is 167 g/mol. The van der Waals surface area contributed by atoms with Crippen molar-refractivity contribution in [3.05, 3.63) is 11.4 Å². The largest absolute Gasteiger partial charge is 0.296 e. The maximum absolute atomic E-state index is 10.5. The summed E-state index contributed by atoms with van der Waals surface area (Å²) >= 11 is 0. The summed E-state index contributed by atoms with van der Waals surface area (Å²) in [6.07, 6.45) is 2.58. The summed E-state index contributed by atoms with van der Waals surface area (Å²) in [5, 5.41) is 7.65. The van der Waals surface area contributed by atoms with Crippen molar-refractivity contribution < 1.29 is 4.79 Å². The molecule has 1 heterocycles. The Balaban J connectivity index is 2.96. The summed E-state index contributed by atoms with van der Waals surface area (Å²) in [6, 6.07) is 0. The van der Waals surface area contributed by atoms with E-state index in [1.165, 1.54) is 0 Å². The van der Waals surface area contributed by atoms with Crippen LogP contribution >= 0.6 is 0 Å². The highest BCUT2D eigenvalue weighted by Crippen LogP contribution is 2.04. The smallest absolute Gasteiger partial charge is 0.172 e. The molecule has 0 bridgehead atoms. The Bertz CT molecular complexity index is 267. The van der Waals surface area contributed by atoms with Gasteiger partial charge >= 0.3 is 0 Å². The predicted octanol–water partition coefficient (Wildman–Crippen LogP) is 1.06. The lowest BCUT2D eigenvalue weighted by Crippen LogP contribution is -2.04. The minimum atomic E-state index is 0.478. The van der Waals surface area contributed by atoms with E-state index in [0.29, 0.717) is 5.69 Å². The Kier molecular flexibility index (Phi) is 2.96. The van der Waals surface area contributed by atoms with Crippen molar-refractivity contribution in [3.63, 3.8) is 0 Å². The van der Waals surface area contributed by atoms with Gasteiger partial charge in [0, 0.05) is 6.54 Å². The molecule has 0 fully saturated rings.